The largest absolute Gasteiger partial charge is 0.505 e. The molecule has 27 heavy (non-hydrogen) atoms. The number of fused-ring (bicyclic) bond motifs is 1. The number of aromatic hydroxyl groups is 1. The number of anilines is 1. The molecule has 0 bridgehead atoms. The zero-order valence-electron chi connectivity index (χ0n) is 14.1. The average Bonchev–Trinajstić information content (AvgIpc) is 2.70. The summed E-state index contributed by atoms with van der Waals surface area (Å²) in [4.78, 5) is 8.29. The summed E-state index contributed by atoms with van der Waals surface area (Å²) in [7, 11) is 0. The summed E-state index contributed by atoms with van der Waals surface area (Å²) in [6.45, 7) is 0. The van der Waals surface area contributed by atoms with Gasteiger partial charge in [0.2, 0.25) is 0 Å². The molecule has 0 aliphatic rings. The van der Waals surface area contributed by atoms with Crippen LogP contribution in [0.25, 0.3) is 10.9 Å². The first kappa shape index (κ1) is 16.9. The summed E-state index contributed by atoms with van der Waals surface area (Å²) < 4.78 is 27.3. The highest BCUT2D eigenvalue weighted by Gasteiger charge is 2.21. The van der Waals surface area contributed by atoms with E-state index in [1.807, 2.05) is 12.1 Å². The summed E-state index contributed by atoms with van der Waals surface area (Å²) >= 11 is 0. The molecule has 0 radical (unpaired) electrons. The highest BCUT2D eigenvalue weighted by atomic mass is 19.2. The average molecular weight is 363 g/mol. The highest BCUT2D eigenvalue weighted by Crippen LogP contribution is 2.36. The number of benzene rings is 2. The number of halogens is 2. The van der Waals surface area contributed by atoms with Crippen molar-refractivity contribution in [3.63, 3.8) is 0 Å². The van der Waals surface area contributed by atoms with Gasteiger partial charge in [0.1, 0.15) is 11.3 Å². The van der Waals surface area contributed by atoms with Crippen molar-refractivity contribution in [3.05, 3.63) is 95.9 Å². The van der Waals surface area contributed by atoms with Gasteiger partial charge in [-0.15, -0.1) is 0 Å². The Balaban J connectivity index is 1.87. The van der Waals surface area contributed by atoms with Crippen molar-refractivity contribution in [2.75, 3.05) is 5.32 Å². The van der Waals surface area contributed by atoms with Gasteiger partial charge in [-0.1, -0.05) is 24.3 Å². The lowest BCUT2D eigenvalue weighted by Gasteiger charge is -2.22. The maximum absolute atomic E-state index is 13.9. The predicted molar refractivity (Wildman–Crippen MR) is 99.5 cm³/mol. The summed E-state index contributed by atoms with van der Waals surface area (Å²) in [5.41, 5.74) is 2.07. The van der Waals surface area contributed by atoms with Crippen molar-refractivity contribution >= 4 is 16.6 Å². The Bertz CT molecular complexity index is 1100. The van der Waals surface area contributed by atoms with Crippen LogP contribution in [0.5, 0.6) is 5.75 Å². The molecule has 0 fully saturated rings. The lowest BCUT2D eigenvalue weighted by Crippen LogP contribution is -2.13. The second kappa shape index (κ2) is 6.99. The van der Waals surface area contributed by atoms with Gasteiger partial charge in [0.15, 0.2) is 11.6 Å². The Morgan fingerprint density at radius 2 is 1.78 bits per heavy atom. The van der Waals surface area contributed by atoms with Crippen molar-refractivity contribution in [2.45, 2.75) is 6.04 Å². The SMILES string of the molecule is Oc1c(C(Nc2cccnc2)c2ccc(F)c(F)c2)ccc2cccnc12. The number of hydrogen-bond donors (Lipinski definition) is 2. The minimum Gasteiger partial charge on any atom is -0.505 e. The number of phenolic OH excluding ortho intramolecular Hbond substituents is 1. The zero-order valence-corrected chi connectivity index (χ0v) is 14.1. The Hall–Kier alpha value is -3.54. The molecule has 2 aromatic heterocycles. The minimum atomic E-state index is -0.955. The fraction of sp³-hybridized carbons (Fsp3) is 0.0476. The Labute approximate surface area is 154 Å². The van der Waals surface area contributed by atoms with Gasteiger partial charge < -0.3 is 10.4 Å². The van der Waals surface area contributed by atoms with E-state index in [1.165, 1.54) is 6.07 Å². The van der Waals surface area contributed by atoms with E-state index in [-0.39, 0.29) is 5.75 Å². The molecule has 2 heterocycles. The van der Waals surface area contributed by atoms with Gasteiger partial charge >= 0.3 is 0 Å². The second-order valence-electron chi connectivity index (χ2n) is 6.07. The molecule has 6 heteroatoms. The first-order valence-electron chi connectivity index (χ1n) is 8.31. The minimum absolute atomic E-state index is 0.0146. The van der Waals surface area contributed by atoms with Crippen LogP contribution in [0.4, 0.5) is 14.5 Å². The number of rotatable bonds is 4. The molecular weight excluding hydrogens is 348 g/mol. The monoisotopic (exact) mass is 363 g/mol. The van der Waals surface area contributed by atoms with E-state index in [4.69, 9.17) is 0 Å². The number of phenols is 1. The van der Waals surface area contributed by atoms with E-state index in [2.05, 4.69) is 15.3 Å². The third-order valence-electron chi connectivity index (χ3n) is 4.34. The van der Waals surface area contributed by atoms with Gasteiger partial charge in [0.25, 0.3) is 0 Å². The van der Waals surface area contributed by atoms with Gasteiger partial charge in [-0.05, 0) is 35.9 Å². The zero-order chi connectivity index (χ0) is 18.8. The van der Waals surface area contributed by atoms with Crippen molar-refractivity contribution in [1.29, 1.82) is 0 Å². The third kappa shape index (κ3) is 3.29. The second-order valence-corrected chi connectivity index (χ2v) is 6.07. The summed E-state index contributed by atoms with van der Waals surface area (Å²) in [6, 6.07) is 13.8. The molecule has 0 aliphatic carbocycles. The molecule has 2 aromatic carbocycles. The molecule has 0 amide bonds. The molecular formula is C21H15F2N3O. The van der Waals surface area contributed by atoms with E-state index in [0.29, 0.717) is 22.3 Å². The van der Waals surface area contributed by atoms with E-state index < -0.39 is 17.7 Å². The van der Waals surface area contributed by atoms with Gasteiger partial charge in [-0.2, -0.15) is 0 Å². The van der Waals surface area contributed by atoms with Crippen LogP contribution in [0.2, 0.25) is 0 Å². The number of nitrogens with one attached hydrogen (secondary N) is 1. The molecule has 0 aliphatic heterocycles. The third-order valence-corrected chi connectivity index (χ3v) is 4.34. The number of aromatic nitrogens is 2. The standard InChI is InChI=1S/C21H15F2N3O/c22-17-8-6-14(11-18(17)23)19(26-15-4-2-9-24-12-15)16-7-5-13-3-1-10-25-20(13)21(16)27/h1-12,19,26-27H. The maximum Gasteiger partial charge on any atom is 0.159 e. The van der Waals surface area contributed by atoms with Crippen molar-refractivity contribution < 1.29 is 13.9 Å². The predicted octanol–water partition coefficient (Wildman–Crippen LogP) is 4.82. The molecule has 0 saturated heterocycles. The van der Waals surface area contributed by atoms with E-state index >= 15 is 0 Å². The number of nitrogens with zero attached hydrogens (tertiary/aromatic N) is 2. The molecule has 4 rings (SSSR count). The number of hydrogen-bond acceptors (Lipinski definition) is 4. The normalized spacial score (nSPS) is 12.1. The molecule has 134 valence electrons. The fourth-order valence-electron chi connectivity index (χ4n) is 3.03. The molecule has 4 nitrogen and oxygen atoms in total. The topological polar surface area (TPSA) is 58.0 Å². The smallest absolute Gasteiger partial charge is 0.159 e. The van der Waals surface area contributed by atoms with Crippen LogP contribution in [0, 0.1) is 11.6 Å². The maximum atomic E-state index is 13.9. The van der Waals surface area contributed by atoms with Gasteiger partial charge in [0, 0.05) is 29.5 Å². The molecule has 1 atom stereocenters. The van der Waals surface area contributed by atoms with Crippen molar-refractivity contribution in [1.82, 2.24) is 9.97 Å². The van der Waals surface area contributed by atoms with Gasteiger partial charge in [0.05, 0.1) is 11.7 Å². The molecule has 0 saturated carbocycles. The van der Waals surface area contributed by atoms with Crippen molar-refractivity contribution in [3.8, 4) is 5.75 Å². The first-order valence-corrected chi connectivity index (χ1v) is 8.31. The highest BCUT2D eigenvalue weighted by molar-refractivity contribution is 5.86. The summed E-state index contributed by atoms with van der Waals surface area (Å²) in [5.74, 6) is -1.90. The van der Waals surface area contributed by atoms with Crippen LogP contribution in [-0.2, 0) is 0 Å². The van der Waals surface area contributed by atoms with Crippen LogP contribution in [0.15, 0.2) is 73.2 Å². The van der Waals surface area contributed by atoms with Crippen LogP contribution in [0.3, 0.4) is 0 Å². The lowest BCUT2D eigenvalue weighted by atomic mass is 9.96. The molecule has 4 aromatic rings. The Morgan fingerprint density at radius 3 is 2.56 bits per heavy atom. The Kier molecular flexibility index (Phi) is 4.38. The van der Waals surface area contributed by atoms with Crippen LogP contribution >= 0.6 is 0 Å². The molecule has 2 N–H and O–H groups in total. The lowest BCUT2D eigenvalue weighted by molar-refractivity contribution is 0.471. The quantitative estimate of drug-likeness (QED) is 0.546. The van der Waals surface area contributed by atoms with Crippen molar-refractivity contribution in [2.24, 2.45) is 0 Å². The van der Waals surface area contributed by atoms with E-state index in [0.717, 1.165) is 17.5 Å². The number of pyridine rings is 2. The summed E-state index contributed by atoms with van der Waals surface area (Å²) in [6.07, 6.45) is 4.84. The first-order chi connectivity index (χ1) is 13.1. The summed E-state index contributed by atoms with van der Waals surface area (Å²) in [5, 5.41) is 14.8. The van der Waals surface area contributed by atoms with Crippen LogP contribution in [0.1, 0.15) is 17.2 Å². The van der Waals surface area contributed by atoms with Gasteiger partial charge in [-0.25, -0.2) is 8.78 Å². The Morgan fingerprint density at radius 1 is 0.926 bits per heavy atom. The van der Waals surface area contributed by atoms with Crippen LogP contribution in [-0.4, -0.2) is 15.1 Å². The molecule has 1 unspecified atom stereocenters. The van der Waals surface area contributed by atoms with Gasteiger partial charge in [-0.3, -0.25) is 9.97 Å². The van der Waals surface area contributed by atoms with E-state index in [9.17, 15) is 13.9 Å². The molecule has 0 spiro atoms. The van der Waals surface area contributed by atoms with Crippen LogP contribution < -0.4 is 5.32 Å². The van der Waals surface area contributed by atoms with E-state index in [1.54, 1.807) is 42.9 Å². The fourth-order valence-corrected chi connectivity index (χ4v) is 3.03.